The molecule has 1 fully saturated rings. The van der Waals surface area contributed by atoms with E-state index in [0.717, 1.165) is 36.1 Å². The molecule has 0 aromatic carbocycles. The summed E-state index contributed by atoms with van der Waals surface area (Å²) in [6.07, 6.45) is 3.27. The van der Waals surface area contributed by atoms with Crippen LogP contribution in [-0.4, -0.2) is 43.4 Å². The van der Waals surface area contributed by atoms with Gasteiger partial charge in [-0.2, -0.15) is 0 Å². The van der Waals surface area contributed by atoms with Crippen molar-refractivity contribution in [2.24, 2.45) is 0 Å². The first-order valence-electron chi connectivity index (χ1n) is 5.18. The van der Waals surface area contributed by atoms with Crippen LogP contribution in [0, 0.1) is 0 Å². The Labute approximate surface area is 94.0 Å². The average Bonchev–Trinajstić information content (AvgIpc) is 2.26. The molecule has 4 nitrogen and oxygen atoms in total. The van der Waals surface area contributed by atoms with Crippen molar-refractivity contribution in [2.45, 2.75) is 24.5 Å². The van der Waals surface area contributed by atoms with Crippen LogP contribution in [0.1, 0.15) is 19.3 Å². The van der Waals surface area contributed by atoms with Gasteiger partial charge in [0, 0.05) is 6.61 Å². The van der Waals surface area contributed by atoms with Gasteiger partial charge in [0.2, 0.25) is 5.76 Å². The summed E-state index contributed by atoms with van der Waals surface area (Å²) in [6, 6.07) is 0. The molecular weight excluding hydrogens is 212 g/mol. The molecule has 0 aromatic rings. The average molecular weight is 232 g/mol. The zero-order chi connectivity index (χ0) is 11.3. The maximum Gasteiger partial charge on any atom is 0.321 e. The van der Waals surface area contributed by atoms with Gasteiger partial charge in [0.25, 0.3) is 0 Å². The largest absolute Gasteiger partial charge is 0.492 e. The Bertz CT molecular complexity index is 228. The van der Waals surface area contributed by atoms with Gasteiger partial charge in [-0.25, -0.2) is 0 Å². The van der Waals surface area contributed by atoms with Gasteiger partial charge in [-0.05, 0) is 19.3 Å². The van der Waals surface area contributed by atoms with Crippen molar-refractivity contribution in [1.29, 1.82) is 0 Å². The SMILES string of the molecule is COC(OC)=C(OC)C1([SiH3])CCCCO1. The van der Waals surface area contributed by atoms with Crippen LogP contribution in [0.4, 0.5) is 0 Å². The Kier molecular flexibility index (Phi) is 4.47. The van der Waals surface area contributed by atoms with Gasteiger partial charge in [-0.1, -0.05) is 0 Å². The van der Waals surface area contributed by atoms with Gasteiger partial charge in [-0.3, -0.25) is 0 Å². The van der Waals surface area contributed by atoms with E-state index in [-0.39, 0.29) is 5.22 Å². The smallest absolute Gasteiger partial charge is 0.321 e. The van der Waals surface area contributed by atoms with Crippen molar-refractivity contribution in [1.82, 2.24) is 0 Å². The molecule has 1 aliphatic rings. The molecule has 0 N–H and O–H groups in total. The molecule has 1 atom stereocenters. The topological polar surface area (TPSA) is 36.9 Å². The second kappa shape index (κ2) is 5.41. The maximum atomic E-state index is 5.82. The number of hydrogen-bond acceptors (Lipinski definition) is 4. The van der Waals surface area contributed by atoms with E-state index in [1.54, 1.807) is 21.3 Å². The van der Waals surface area contributed by atoms with Crippen molar-refractivity contribution in [2.75, 3.05) is 27.9 Å². The van der Waals surface area contributed by atoms with Crippen LogP contribution in [0.3, 0.4) is 0 Å². The van der Waals surface area contributed by atoms with Gasteiger partial charge in [-0.15, -0.1) is 0 Å². The molecule has 1 rings (SSSR count). The number of methoxy groups -OCH3 is 3. The minimum Gasteiger partial charge on any atom is -0.492 e. The van der Waals surface area contributed by atoms with Crippen LogP contribution in [0.2, 0.25) is 0 Å². The minimum absolute atomic E-state index is 0.283. The lowest BCUT2D eigenvalue weighted by Gasteiger charge is -2.35. The molecule has 5 heteroatoms. The third kappa shape index (κ3) is 2.66. The van der Waals surface area contributed by atoms with Gasteiger partial charge in [0.1, 0.15) is 5.22 Å². The molecule has 0 radical (unpaired) electrons. The molecule has 0 bridgehead atoms. The summed E-state index contributed by atoms with van der Waals surface area (Å²) in [4.78, 5) is 0. The molecule has 0 aliphatic carbocycles. The van der Waals surface area contributed by atoms with Crippen molar-refractivity contribution >= 4 is 10.2 Å². The van der Waals surface area contributed by atoms with E-state index >= 15 is 0 Å². The van der Waals surface area contributed by atoms with Crippen molar-refractivity contribution in [3.63, 3.8) is 0 Å². The molecule has 15 heavy (non-hydrogen) atoms. The molecule has 88 valence electrons. The Hall–Kier alpha value is -0.683. The summed E-state index contributed by atoms with van der Waals surface area (Å²) in [5.41, 5.74) is 0. The fourth-order valence-electron chi connectivity index (χ4n) is 1.90. The third-order valence-electron chi connectivity index (χ3n) is 2.71. The highest BCUT2D eigenvalue weighted by Crippen LogP contribution is 2.31. The van der Waals surface area contributed by atoms with E-state index in [9.17, 15) is 0 Å². The van der Waals surface area contributed by atoms with E-state index in [0.29, 0.717) is 11.7 Å². The predicted octanol–water partition coefficient (Wildman–Crippen LogP) is 0.357. The second-order valence-corrected chi connectivity index (χ2v) is 5.38. The lowest BCUT2D eigenvalue weighted by molar-refractivity contribution is -0.0428. The van der Waals surface area contributed by atoms with Crippen molar-refractivity contribution in [3.05, 3.63) is 11.7 Å². The number of rotatable bonds is 4. The molecule has 0 aromatic heterocycles. The fourth-order valence-corrected chi connectivity index (χ4v) is 2.86. The fraction of sp³-hybridized carbons (Fsp3) is 0.800. The van der Waals surface area contributed by atoms with Gasteiger partial charge in [0.05, 0.1) is 31.6 Å². The van der Waals surface area contributed by atoms with Crippen molar-refractivity contribution in [3.8, 4) is 0 Å². The molecule has 1 aliphatic heterocycles. The lowest BCUT2D eigenvalue weighted by atomic mass is 10.1. The Morgan fingerprint density at radius 3 is 2.20 bits per heavy atom. The molecule has 0 amide bonds. The molecule has 0 saturated carbocycles. The Morgan fingerprint density at radius 2 is 1.80 bits per heavy atom. The summed E-state index contributed by atoms with van der Waals surface area (Å²) in [5.74, 6) is 1.12. The first kappa shape index (κ1) is 12.4. The third-order valence-corrected chi connectivity index (χ3v) is 3.95. The summed E-state index contributed by atoms with van der Waals surface area (Å²) >= 11 is 0. The molecule has 1 saturated heterocycles. The van der Waals surface area contributed by atoms with E-state index in [1.807, 2.05) is 0 Å². The maximum absolute atomic E-state index is 5.82. The highest BCUT2D eigenvalue weighted by Gasteiger charge is 2.37. The van der Waals surface area contributed by atoms with Crippen LogP contribution in [0.5, 0.6) is 0 Å². The predicted molar refractivity (Wildman–Crippen MR) is 60.5 cm³/mol. The Morgan fingerprint density at radius 1 is 1.13 bits per heavy atom. The first-order valence-corrected chi connectivity index (χ1v) is 6.18. The summed E-state index contributed by atoms with van der Waals surface area (Å²) in [6.45, 7) is 0.789. The van der Waals surface area contributed by atoms with E-state index in [2.05, 4.69) is 0 Å². The van der Waals surface area contributed by atoms with Gasteiger partial charge < -0.3 is 18.9 Å². The Balaban J connectivity index is 2.92. The summed E-state index contributed by atoms with van der Waals surface area (Å²) in [7, 11) is 5.64. The van der Waals surface area contributed by atoms with Crippen LogP contribution < -0.4 is 0 Å². The first-order chi connectivity index (χ1) is 7.18. The van der Waals surface area contributed by atoms with Crippen molar-refractivity contribution < 1.29 is 18.9 Å². The van der Waals surface area contributed by atoms with E-state index < -0.39 is 0 Å². The minimum atomic E-state index is -0.283. The molecule has 1 heterocycles. The zero-order valence-corrected chi connectivity index (χ0v) is 12.0. The van der Waals surface area contributed by atoms with Crippen LogP contribution in [0.15, 0.2) is 11.7 Å². The highest BCUT2D eigenvalue weighted by molar-refractivity contribution is 6.16. The monoisotopic (exact) mass is 232 g/mol. The number of hydrogen-bond donors (Lipinski definition) is 0. The quantitative estimate of drug-likeness (QED) is 0.518. The normalized spacial score (nSPS) is 25.8. The van der Waals surface area contributed by atoms with Crippen LogP contribution in [-0.2, 0) is 18.9 Å². The lowest BCUT2D eigenvalue weighted by Crippen LogP contribution is -2.40. The summed E-state index contributed by atoms with van der Waals surface area (Å²) in [5, 5.41) is -0.283. The standard InChI is InChI=1S/C10H20O4Si/c1-11-8(9(12-2)13-3)10(15)6-4-5-7-14-10/h4-7H2,1-3,15H3. The molecular formula is C10H20O4Si. The molecule has 0 spiro atoms. The zero-order valence-electron chi connectivity index (χ0n) is 9.96. The van der Waals surface area contributed by atoms with E-state index in [4.69, 9.17) is 18.9 Å². The summed E-state index contributed by atoms with van der Waals surface area (Å²) < 4.78 is 21.5. The van der Waals surface area contributed by atoms with E-state index in [1.165, 1.54) is 0 Å². The highest BCUT2D eigenvalue weighted by atomic mass is 28.1. The van der Waals surface area contributed by atoms with Gasteiger partial charge in [0.15, 0.2) is 0 Å². The van der Waals surface area contributed by atoms with Crippen LogP contribution in [0.25, 0.3) is 0 Å². The molecule has 1 unspecified atom stereocenters. The second-order valence-electron chi connectivity index (χ2n) is 3.77. The van der Waals surface area contributed by atoms with Gasteiger partial charge >= 0.3 is 5.95 Å². The number of ether oxygens (including phenoxy) is 4. The van der Waals surface area contributed by atoms with Crippen LogP contribution >= 0.6 is 0 Å².